The highest BCUT2D eigenvalue weighted by atomic mass is 15.3. The summed E-state index contributed by atoms with van der Waals surface area (Å²) in [5.74, 6) is 1.83. The molecular formula is C22H28N6. The Hall–Kier alpha value is -3.15. The lowest BCUT2D eigenvalue weighted by Crippen LogP contribution is -2.40. The third-order valence-corrected chi connectivity index (χ3v) is 4.47. The van der Waals surface area contributed by atoms with E-state index in [1.54, 1.807) is 6.33 Å². The van der Waals surface area contributed by atoms with Gasteiger partial charge in [0.25, 0.3) is 0 Å². The topological polar surface area (TPSA) is 67.1 Å². The molecule has 6 heteroatoms. The second kappa shape index (κ2) is 10.9. The van der Waals surface area contributed by atoms with Gasteiger partial charge < -0.3 is 15.2 Å². The maximum Gasteiger partial charge on any atom is 0.191 e. The van der Waals surface area contributed by atoms with Crippen LogP contribution in [0.15, 0.2) is 72.0 Å². The Bertz CT molecular complexity index is 842. The highest BCUT2D eigenvalue weighted by molar-refractivity contribution is 5.79. The summed E-state index contributed by atoms with van der Waals surface area (Å²) >= 11 is 0. The zero-order valence-corrected chi connectivity index (χ0v) is 16.4. The summed E-state index contributed by atoms with van der Waals surface area (Å²) in [5, 5.41) is 15.0. The van der Waals surface area contributed by atoms with Gasteiger partial charge in [0, 0.05) is 26.1 Å². The van der Waals surface area contributed by atoms with Crippen LogP contribution in [0, 0.1) is 0 Å². The second-order valence-electron chi connectivity index (χ2n) is 6.53. The molecule has 0 unspecified atom stereocenters. The highest BCUT2D eigenvalue weighted by Gasteiger charge is 2.03. The molecule has 3 aromatic rings. The Labute approximate surface area is 166 Å². The van der Waals surface area contributed by atoms with E-state index in [1.165, 1.54) is 11.1 Å². The molecule has 0 radical (unpaired) electrons. The van der Waals surface area contributed by atoms with Crippen LogP contribution < -0.4 is 10.6 Å². The third-order valence-electron chi connectivity index (χ3n) is 4.47. The summed E-state index contributed by atoms with van der Waals surface area (Å²) in [5.41, 5.74) is 2.51. The van der Waals surface area contributed by atoms with E-state index >= 15 is 0 Å². The number of hydrogen-bond acceptors (Lipinski definition) is 3. The SMILES string of the molecule is CCc1nncn1CCNC(=NCc1ccccc1)NCCc1ccccc1. The molecule has 0 saturated heterocycles. The molecule has 0 aliphatic carbocycles. The lowest BCUT2D eigenvalue weighted by molar-refractivity contribution is 0.631. The number of aromatic nitrogens is 3. The van der Waals surface area contributed by atoms with Crippen molar-refractivity contribution in [3.8, 4) is 0 Å². The quantitative estimate of drug-likeness (QED) is 0.445. The van der Waals surface area contributed by atoms with Crippen LogP contribution in [0.5, 0.6) is 0 Å². The minimum atomic E-state index is 0.647. The van der Waals surface area contributed by atoms with Gasteiger partial charge in [0.15, 0.2) is 5.96 Å². The van der Waals surface area contributed by atoms with E-state index in [4.69, 9.17) is 4.99 Å². The summed E-state index contributed by atoms with van der Waals surface area (Å²) < 4.78 is 2.08. The van der Waals surface area contributed by atoms with E-state index in [0.717, 1.165) is 44.3 Å². The lowest BCUT2D eigenvalue weighted by atomic mass is 10.1. The van der Waals surface area contributed by atoms with E-state index in [-0.39, 0.29) is 0 Å². The van der Waals surface area contributed by atoms with Crippen LogP contribution in [0.25, 0.3) is 0 Å². The predicted molar refractivity (Wildman–Crippen MR) is 113 cm³/mol. The molecule has 0 fully saturated rings. The van der Waals surface area contributed by atoms with Crippen LogP contribution in [0.3, 0.4) is 0 Å². The number of rotatable bonds is 9. The van der Waals surface area contributed by atoms with Gasteiger partial charge in [-0.05, 0) is 17.5 Å². The Morgan fingerprint density at radius 1 is 0.929 bits per heavy atom. The van der Waals surface area contributed by atoms with E-state index in [0.29, 0.717) is 6.54 Å². The van der Waals surface area contributed by atoms with Crippen molar-refractivity contribution in [1.29, 1.82) is 0 Å². The maximum atomic E-state index is 4.74. The van der Waals surface area contributed by atoms with Gasteiger partial charge in [-0.3, -0.25) is 0 Å². The summed E-state index contributed by atoms with van der Waals surface area (Å²) in [6.45, 7) is 5.13. The van der Waals surface area contributed by atoms with Crippen LogP contribution in [0.2, 0.25) is 0 Å². The molecule has 2 aromatic carbocycles. The molecule has 1 aromatic heterocycles. The molecule has 3 rings (SSSR count). The molecule has 0 aliphatic rings. The average molecular weight is 377 g/mol. The zero-order chi connectivity index (χ0) is 19.4. The fourth-order valence-electron chi connectivity index (χ4n) is 2.93. The number of aryl methyl sites for hydroxylation is 1. The van der Waals surface area contributed by atoms with Crippen molar-refractivity contribution in [3.63, 3.8) is 0 Å². The number of nitrogens with zero attached hydrogens (tertiary/aromatic N) is 4. The summed E-state index contributed by atoms with van der Waals surface area (Å²) in [4.78, 5) is 4.74. The van der Waals surface area contributed by atoms with Crippen LogP contribution in [0.4, 0.5) is 0 Å². The van der Waals surface area contributed by atoms with Gasteiger partial charge in [0.2, 0.25) is 0 Å². The number of nitrogens with one attached hydrogen (secondary N) is 2. The molecule has 0 saturated carbocycles. The zero-order valence-electron chi connectivity index (χ0n) is 16.4. The summed E-state index contributed by atoms with van der Waals surface area (Å²) in [6.07, 6.45) is 3.62. The maximum absolute atomic E-state index is 4.74. The molecule has 0 atom stereocenters. The monoisotopic (exact) mass is 376 g/mol. The van der Waals surface area contributed by atoms with E-state index in [9.17, 15) is 0 Å². The van der Waals surface area contributed by atoms with Crippen molar-refractivity contribution >= 4 is 5.96 Å². The van der Waals surface area contributed by atoms with Gasteiger partial charge in [-0.25, -0.2) is 4.99 Å². The van der Waals surface area contributed by atoms with Crippen molar-refractivity contribution in [3.05, 3.63) is 83.9 Å². The standard InChI is InChI=1S/C22H28N6/c1-2-21-27-26-18-28(21)16-15-24-22(25-17-20-11-7-4-8-12-20)23-14-13-19-9-5-3-6-10-19/h3-12,18H,2,13-17H2,1H3,(H2,23,24,25). The minimum Gasteiger partial charge on any atom is -0.356 e. The smallest absolute Gasteiger partial charge is 0.191 e. The van der Waals surface area contributed by atoms with Crippen LogP contribution in [0.1, 0.15) is 23.9 Å². The van der Waals surface area contributed by atoms with Gasteiger partial charge in [-0.2, -0.15) is 0 Å². The first-order chi connectivity index (χ1) is 13.8. The Morgan fingerprint density at radius 3 is 2.32 bits per heavy atom. The van der Waals surface area contributed by atoms with Gasteiger partial charge in [-0.1, -0.05) is 67.6 Å². The fraction of sp³-hybridized carbons (Fsp3) is 0.318. The number of benzene rings is 2. The third kappa shape index (κ3) is 6.23. The van der Waals surface area contributed by atoms with Gasteiger partial charge in [0.1, 0.15) is 12.2 Å². The van der Waals surface area contributed by atoms with Gasteiger partial charge >= 0.3 is 0 Å². The lowest BCUT2D eigenvalue weighted by Gasteiger charge is -2.13. The molecular weight excluding hydrogens is 348 g/mol. The molecule has 0 amide bonds. The predicted octanol–water partition coefficient (Wildman–Crippen LogP) is 2.82. The van der Waals surface area contributed by atoms with Crippen molar-refractivity contribution in [2.45, 2.75) is 32.9 Å². The highest BCUT2D eigenvalue weighted by Crippen LogP contribution is 2.01. The van der Waals surface area contributed by atoms with Crippen molar-refractivity contribution in [1.82, 2.24) is 25.4 Å². The van der Waals surface area contributed by atoms with Crippen molar-refractivity contribution in [2.75, 3.05) is 13.1 Å². The van der Waals surface area contributed by atoms with Crippen LogP contribution >= 0.6 is 0 Å². The molecule has 146 valence electrons. The Balaban J connectivity index is 1.55. The van der Waals surface area contributed by atoms with E-state index < -0.39 is 0 Å². The summed E-state index contributed by atoms with van der Waals surface area (Å²) in [7, 11) is 0. The fourth-order valence-corrected chi connectivity index (χ4v) is 2.93. The average Bonchev–Trinajstić information content (AvgIpc) is 3.20. The molecule has 0 bridgehead atoms. The Morgan fingerprint density at radius 2 is 1.61 bits per heavy atom. The molecule has 1 heterocycles. The van der Waals surface area contributed by atoms with Crippen LogP contribution in [-0.4, -0.2) is 33.8 Å². The molecule has 0 aliphatic heterocycles. The largest absolute Gasteiger partial charge is 0.356 e. The van der Waals surface area contributed by atoms with Crippen molar-refractivity contribution in [2.24, 2.45) is 4.99 Å². The molecule has 2 N–H and O–H groups in total. The van der Waals surface area contributed by atoms with Gasteiger partial charge in [0.05, 0.1) is 6.54 Å². The molecule has 6 nitrogen and oxygen atoms in total. The number of hydrogen-bond donors (Lipinski definition) is 2. The minimum absolute atomic E-state index is 0.647. The van der Waals surface area contributed by atoms with E-state index in [2.05, 4.69) is 68.7 Å². The first kappa shape index (κ1) is 19.6. The molecule has 28 heavy (non-hydrogen) atoms. The Kier molecular flexibility index (Phi) is 7.61. The first-order valence-corrected chi connectivity index (χ1v) is 9.82. The number of aliphatic imine (C=N–C) groups is 1. The number of guanidine groups is 1. The first-order valence-electron chi connectivity index (χ1n) is 9.82. The second-order valence-corrected chi connectivity index (χ2v) is 6.53. The van der Waals surface area contributed by atoms with Crippen LogP contribution in [-0.2, 0) is 25.9 Å². The van der Waals surface area contributed by atoms with E-state index in [1.807, 2.05) is 24.3 Å². The normalized spacial score (nSPS) is 11.4. The van der Waals surface area contributed by atoms with Crippen molar-refractivity contribution < 1.29 is 0 Å². The molecule has 0 spiro atoms. The van der Waals surface area contributed by atoms with Gasteiger partial charge in [-0.15, -0.1) is 10.2 Å². The summed E-state index contributed by atoms with van der Waals surface area (Å²) in [6, 6.07) is 20.8.